The second kappa shape index (κ2) is 7.50. The van der Waals surface area contributed by atoms with E-state index in [1.807, 2.05) is 41.0 Å². The summed E-state index contributed by atoms with van der Waals surface area (Å²) in [7, 11) is 2.25. The van der Waals surface area contributed by atoms with Crippen molar-refractivity contribution in [1.82, 2.24) is 14.6 Å². The van der Waals surface area contributed by atoms with Crippen molar-refractivity contribution in [1.29, 1.82) is 0 Å². The number of nitrogens with zero attached hydrogens (tertiary/aromatic N) is 4. The summed E-state index contributed by atoms with van der Waals surface area (Å²) in [6, 6.07) is 20.4. The van der Waals surface area contributed by atoms with Gasteiger partial charge in [-0.2, -0.15) is 9.61 Å². The lowest BCUT2D eigenvalue weighted by Gasteiger charge is -2.31. The van der Waals surface area contributed by atoms with Gasteiger partial charge in [0.05, 0.1) is 45.1 Å². The van der Waals surface area contributed by atoms with Crippen molar-refractivity contribution in [2.45, 2.75) is 0 Å². The van der Waals surface area contributed by atoms with E-state index >= 15 is 0 Å². The molecule has 0 saturated carbocycles. The molecule has 5 rings (SSSR count). The predicted octanol–water partition coefficient (Wildman–Crippen LogP) is 3.05. The second-order valence-corrected chi connectivity index (χ2v) is 8.05. The predicted molar refractivity (Wildman–Crippen MR) is 118 cm³/mol. The first kappa shape index (κ1) is 18.2. The van der Waals surface area contributed by atoms with Crippen molar-refractivity contribution in [3.05, 3.63) is 71.9 Å². The molecule has 3 heterocycles. The van der Waals surface area contributed by atoms with Gasteiger partial charge in [0.25, 0.3) is 0 Å². The highest BCUT2D eigenvalue weighted by molar-refractivity contribution is 6.30. The molecular weight excluding hydrogens is 382 g/mol. The van der Waals surface area contributed by atoms with Gasteiger partial charge in [0, 0.05) is 22.2 Å². The van der Waals surface area contributed by atoms with Crippen molar-refractivity contribution in [3.63, 3.8) is 0 Å². The number of benzene rings is 2. The van der Waals surface area contributed by atoms with Crippen molar-refractivity contribution in [2.24, 2.45) is 0 Å². The van der Waals surface area contributed by atoms with Gasteiger partial charge in [-0.15, -0.1) is 0 Å². The van der Waals surface area contributed by atoms with Crippen LogP contribution in [0.3, 0.4) is 0 Å². The van der Waals surface area contributed by atoms with Gasteiger partial charge in [0.15, 0.2) is 5.65 Å². The Morgan fingerprint density at radius 1 is 0.931 bits per heavy atom. The van der Waals surface area contributed by atoms with E-state index < -0.39 is 0 Å². The van der Waals surface area contributed by atoms with Crippen LogP contribution in [-0.4, -0.2) is 47.8 Å². The van der Waals surface area contributed by atoms with Gasteiger partial charge in [-0.1, -0.05) is 54.1 Å². The lowest BCUT2D eigenvalue weighted by Crippen LogP contribution is -3.12. The lowest BCUT2D eigenvalue weighted by molar-refractivity contribution is -0.880. The SMILES string of the molecule is C[NH+]1CCN(c2cc(-c3ccccc3)nc3c(-c4ccc(Cl)cc4)cnn23)CC1. The summed E-state index contributed by atoms with van der Waals surface area (Å²) < 4.78 is 1.98. The zero-order valence-corrected chi connectivity index (χ0v) is 17.1. The van der Waals surface area contributed by atoms with Crippen molar-refractivity contribution < 1.29 is 4.90 Å². The second-order valence-electron chi connectivity index (χ2n) is 7.61. The molecule has 0 atom stereocenters. The molecule has 4 aromatic rings. The molecule has 1 saturated heterocycles. The van der Waals surface area contributed by atoms with E-state index in [4.69, 9.17) is 21.7 Å². The van der Waals surface area contributed by atoms with E-state index in [0.717, 1.165) is 65.1 Å². The number of aromatic nitrogens is 3. The topological polar surface area (TPSA) is 37.9 Å². The van der Waals surface area contributed by atoms with Crippen LogP contribution in [-0.2, 0) is 0 Å². The van der Waals surface area contributed by atoms with Crippen LogP contribution in [0.1, 0.15) is 0 Å². The molecule has 2 aromatic heterocycles. The Bertz CT molecular complexity index is 1130. The van der Waals surface area contributed by atoms with E-state index in [9.17, 15) is 0 Å². The number of fused-ring (bicyclic) bond motifs is 1. The summed E-state index contributed by atoms with van der Waals surface area (Å²) in [6.45, 7) is 4.26. The molecule has 146 valence electrons. The standard InChI is InChI=1S/C23H22ClN5/c1-27-11-13-28(14-12-27)22-15-21(18-5-3-2-4-6-18)26-23-20(16-25-29(22)23)17-7-9-19(24)10-8-17/h2-10,15-16H,11-14H2,1H3/p+1. The molecule has 2 aromatic carbocycles. The van der Waals surface area contributed by atoms with Crippen molar-refractivity contribution in [3.8, 4) is 22.4 Å². The Morgan fingerprint density at radius 2 is 1.66 bits per heavy atom. The van der Waals surface area contributed by atoms with E-state index in [1.165, 1.54) is 0 Å². The van der Waals surface area contributed by atoms with E-state index in [1.54, 1.807) is 4.90 Å². The molecule has 1 aliphatic heterocycles. The van der Waals surface area contributed by atoms with Gasteiger partial charge in [-0.3, -0.25) is 0 Å². The Morgan fingerprint density at radius 3 is 2.38 bits per heavy atom. The highest BCUT2D eigenvalue weighted by atomic mass is 35.5. The minimum absolute atomic E-state index is 0.726. The van der Waals surface area contributed by atoms with Crippen LogP contribution < -0.4 is 9.80 Å². The first-order valence-corrected chi connectivity index (χ1v) is 10.3. The summed E-state index contributed by atoms with van der Waals surface area (Å²) in [6.07, 6.45) is 1.91. The van der Waals surface area contributed by atoms with Crippen molar-refractivity contribution in [2.75, 3.05) is 38.1 Å². The van der Waals surface area contributed by atoms with Crippen LogP contribution in [0.15, 0.2) is 66.9 Å². The maximum absolute atomic E-state index is 6.09. The van der Waals surface area contributed by atoms with Crippen LogP contribution >= 0.6 is 11.6 Å². The monoisotopic (exact) mass is 404 g/mol. The highest BCUT2D eigenvalue weighted by Crippen LogP contribution is 2.30. The smallest absolute Gasteiger partial charge is 0.165 e. The van der Waals surface area contributed by atoms with E-state index in [2.05, 4.69) is 42.3 Å². The molecule has 0 bridgehead atoms. The van der Waals surface area contributed by atoms with Crippen LogP contribution in [0.25, 0.3) is 28.0 Å². The molecule has 29 heavy (non-hydrogen) atoms. The Hall–Kier alpha value is -2.89. The summed E-state index contributed by atoms with van der Waals surface area (Å²) in [5.74, 6) is 1.10. The molecular formula is C23H23ClN5+. The third-order valence-corrected chi connectivity index (χ3v) is 5.87. The molecule has 1 fully saturated rings. The number of hydrogen-bond acceptors (Lipinski definition) is 3. The fraction of sp³-hybridized carbons (Fsp3) is 0.217. The summed E-state index contributed by atoms with van der Waals surface area (Å²) in [4.78, 5) is 9.00. The maximum Gasteiger partial charge on any atom is 0.165 e. The average molecular weight is 405 g/mol. The highest BCUT2D eigenvalue weighted by Gasteiger charge is 2.22. The van der Waals surface area contributed by atoms with Gasteiger partial charge < -0.3 is 9.80 Å². The lowest BCUT2D eigenvalue weighted by atomic mass is 10.1. The van der Waals surface area contributed by atoms with Crippen LogP contribution in [0.5, 0.6) is 0 Å². The third kappa shape index (κ3) is 3.48. The first-order valence-electron chi connectivity index (χ1n) is 9.95. The molecule has 1 aliphatic rings. The number of hydrogen-bond donors (Lipinski definition) is 1. The number of halogens is 1. The number of piperazine rings is 1. The number of rotatable bonds is 3. The van der Waals surface area contributed by atoms with Crippen LogP contribution in [0, 0.1) is 0 Å². The molecule has 0 radical (unpaired) electrons. The molecule has 5 nitrogen and oxygen atoms in total. The molecule has 0 unspecified atom stereocenters. The normalized spacial score (nSPS) is 15.2. The maximum atomic E-state index is 6.09. The van der Waals surface area contributed by atoms with E-state index in [-0.39, 0.29) is 0 Å². The van der Waals surface area contributed by atoms with Gasteiger partial charge in [-0.25, -0.2) is 4.98 Å². The third-order valence-electron chi connectivity index (χ3n) is 5.62. The Kier molecular flexibility index (Phi) is 4.70. The number of quaternary nitrogens is 1. The van der Waals surface area contributed by atoms with E-state index in [0.29, 0.717) is 0 Å². The van der Waals surface area contributed by atoms with Gasteiger partial charge >= 0.3 is 0 Å². The molecule has 0 amide bonds. The Labute approximate surface area is 175 Å². The zero-order chi connectivity index (χ0) is 19.8. The number of anilines is 1. The molecule has 0 aliphatic carbocycles. The van der Waals surface area contributed by atoms with Gasteiger partial charge in [-0.05, 0) is 17.7 Å². The number of likely N-dealkylation sites (N-methyl/N-ethyl adjacent to an activating group) is 1. The fourth-order valence-corrected chi connectivity index (χ4v) is 4.01. The molecule has 6 heteroatoms. The van der Waals surface area contributed by atoms with Crippen LogP contribution in [0.4, 0.5) is 5.82 Å². The number of nitrogens with one attached hydrogen (secondary N) is 1. The molecule has 1 N–H and O–H groups in total. The Balaban J connectivity index is 1.69. The summed E-state index contributed by atoms with van der Waals surface area (Å²) in [5, 5.41) is 5.44. The first-order chi connectivity index (χ1) is 14.2. The minimum atomic E-state index is 0.726. The quantitative estimate of drug-likeness (QED) is 0.570. The van der Waals surface area contributed by atoms with Gasteiger partial charge in [0.2, 0.25) is 0 Å². The average Bonchev–Trinajstić information content (AvgIpc) is 3.19. The fourth-order valence-electron chi connectivity index (χ4n) is 3.88. The largest absolute Gasteiger partial charge is 0.345 e. The molecule has 0 spiro atoms. The van der Waals surface area contributed by atoms with Gasteiger partial charge in [0.1, 0.15) is 5.82 Å². The minimum Gasteiger partial charge on any atom is -0.345 e. The summed E-state index contributed by atoms with van der Waals surface area (Å²) >= 11 is 6.09. The zero-order valence-electron chi connectivity index (χ0n) is 16.3. The summed E-state index contributed by atoms with van der Waals surface area (Å²) in [5.41, 5.74) is 5.03. The van der Waals surface area contributed by atoms with Crippen LogP contribution in [0.2, 0.25) is 5.02 Å². The van der Waals surface area contributed by atoms with Crippen molar-refractivity contribution >= 4 is 23.1 Å².